The van der Waals surface area contributed by atoms with Crippen LogP contribution in [0.3, 0.4) is 0 Å². The average molecular weight is 191 g/mol. The van der Waals surface area contributed by atoms with E-state index in [2.05, 4.69) is 9.97 Å². The van der Waals surface area contributed by atoms with Gasteiger partial charge in [-0.2, -0.15) is 0 Å². The van der Waals surface area contributed by atoms with Crippen molar-refractivity contribution in [3.63, 3.8) is 0 Å². The topological polar surface area (TPSA) is 63.9 Å². The Balaban J connectivity index is 2.43. The van der Waals surface area contributed by atoms with Crippen LogP contribution in [-0.2, 0) is 4.74 Å². The summed E-state index contributed by atoms with van der Waals surface area (Å²) in [6.07, 6.45) is -0.151. The molecule has 0 saturated carbocycles. The van der Waals surface area contributed by atoms with Gasteiger partial charge in [-0.05, 0) is 12.1 Å². The zero-order valence-electron chi connectivity index (χ0n) is 8.03. The first-order chi connectivity index (χ1) is 6.85. The number of H-pyrrole nitrogens is 1. The standard InChI is InChI=1S/C10H13N3O/c1-14-9(6-11)10-12-7-4-2-3-5-8(7)13-10/h2-5,9H,6,11H2,1H3,(H,12,13). The summed E-state index contributed by atoms with van der Waals surface area (Å²) in [6.45, 7) is 0.427. The van der Waals surface area contributed by atoms with Gasteiger partial charge in [0.2, 0.25) is 0 Å². The third-order valence-corrected chi connectivity index (χ3v) is 2.21. The van der Waals surface area contributed by atoms with Gasteiger partial charge in [-0.3, -0.25) is 0 Å². The van der Waals surface area contributed by atoms with Crippen LogP contribution < -0.4 is 5.73 Å². The van der Waals surface area contributed by atoms with Crippen LogP contribution in [0.15, 0.2) is 24.3 Å². The number of nitrogens with zero attached hydrogens (tertiary/aromatic N) is 1. The van der Waals surface area contributed by atoms with Crippen molar-refractivity contribution in [3.05, 3.63) is 30.1 Å². The van der Waals surface area contributed by atoms with E-state index in [-0.39, 0.29) is 6.10 Å². The number of benzene rings is 1. The van der Waals surface area contributed by atoms with Gasteiger partial charge < -0.3 is 15.5 Å². The molecule has 1 aromatic heterocycles. The molecule has 4 nitrogen and oxygen atoms in total. The normalized spacial score (nSPS) is 13.3. The van der Waals surface area contributed by atoms with E-state index in [9.17, 15) is 0 Å². The maximum absolute atomic E-state index is 5.55. The minimum Gasteiger partial charge on any atom is -0.372 e. The number of fused-ring (bicyclic) bond motifs is 1. The van der Waals surface area contributed by atoms with Crippen molar-refractivity contribution in [3.8, 4) is 0 Å². The predicted molar refractivity (Wildman–Crippen MR) is 54.9 cm³/mol. The molecule has 14 heavy (non-hydrogen) atoms. The van der Waals surface area contributed by atoms with E-state index in [1.54, 1.807) is 7.11 Å². The van der Waals surface area contributed by atoms with Crippen molar-refractivity contribution in [1.82, 2.24) is 9.97 Å². The summed E-state index contributed by atoms with van der Waals surface area (Å²) in [7, 11) is 1.63. The van der Waals surface area contributed by atoms with Gasteiger partial charge in [0.25, 0.3) is 0 Å². The van der Waals surface area contributed by atoms with Crippen molar-refractivity contribution in [2.45, 2.75) is 6.10 Å². The first-order valence-electron chi connectivity index (χ1n) is 4.52. The lowest BCUT2D eigenvalue weighted by atomic mass is 10.3. The Morgan fingerprint density at radius 1 is 1.50 bits per heavy atom. The van der Waals surface area contributed by atoms with E-state index < -0.39 is 0 Å². The molecule has 74 valence electrons. The van der Waals surface area contributed by atoms with Gasteiger partial charge in [0.1, 0.15) is 11.9 Å². The summed E-state index contributed by atoms with van der Waals surface area (Å²) in [4.78, 5) is 7.58. The van der Waals surface area contributed by atoms with E-state index >= 15 is 0 Å². The molecule has 1 atom stereocenters. The molecule has 2 rings (SSSR count). The lowest BCUT2D eigenvalue weighted by Crippen LogP contribution is -2.15. The molecule has 0 amide bonds. The van der Waals surface area contributed by atoms with E-state index in [1.165, 1.54) is 0 Å². The molecule has 0 aliphatic carbocycles. The summed E-state index contributed by atoms with van der Waals surface area (Å²) in [5.74, 6) is 0.788. The quantitative estimate of drug-likeness (QED) is 0.766. The number of imidazole rings is 1. The Bertz CT molecular complexity index is 387. The maximum atomic E-state index is 5.55. The highest BCUT2D eigenvalue weighted by atomic mass is 16.5. The van der Waals surface area contributed by atoms with Crippen LogP contribution in [0, 0.1) is 0 Å². The van der Waals surface area contributed by atoms with E-state index in [0.29, 0.717) is 6.54 Å². The van der Waals surface area contributed by atoms with E-state index in [0.717, 1.165) is 16.9 Å². The highest BCUT2D eigenvalue weighted by Gasteiger charge is 2.12. The number of nitrogens with one attached hydrogen (secondary N) is 1. The van der Waals surface area contributed by atoms with Crippen molar-refractivity contribution >= 4 is 11.0 Å². The van der Waals surface area contributed by atoms with Crippen LogP contribution >= 0.6 is 0 Å². The van der Waals surface area contributed by atoms with Crippen LogP contribution in [-0.4, -0.2) is 23.6 Å². The molecule has 0 saturated heterocycles. The van der Waals surface area contributed by atoms with Crippen molar-refractivity contribution in [1.29, 1.82) is 0 Å². The highest BCUT2D eigenvalue weighted by Crippen LogP contribution is 2.16. The number of aromatic amines is 1. The van der Waals surface area contributed by atoms with Gasteiger partial charge in [-0.25, -0.2) is 4.98 Å². The Hall–Kier alpha value is -1.39. The molecule has 2 aromatic rings. The van der Waals surface area contributed by atoms with Gasteiger partial charge in [0.15, 0.2) is 0 Å². The lowest BCUT2D eigenvalue weighted by molar-refractivity contribution is 0.104. The Morgan fingerprint density at radius 2 is 2.29 bits per heavy atom. The Labute approximate surface area is 82.1 Å². The molecule has 0 spiro atoms. The molecular weight excluding hydrogens is 178 g/mol. The molecule has 1 unspecified atom stereocenters. The van der Waals surface area contributed by atoms with Crippen molar-refractivity contribution < 1.29 is 4.74 Å². The number of para-hydroxylation sites is 2. The molecule has 0 radical (unpaired) electrons. The second kappa shape index (κ2) is 3.77. The monoisotopic (exact) mass is 191 g/mol. The fraction of sp³-hybridized carbons (Fsp3) is 0.300. The molecule has 0 bridgehead atoms. The first-order valence-corrected chi connectivity index (χ1v) is 4.52. The Morgan fingerprint density at radius 3 is 2.93 bits per heavy atom. The fourth-order valence-corrected chi connectivity index (χ4v) is 1.44. The number of nitrogens with two attached hydrogens (primary N) is 1. The Kier molecular flexibility index (Phi) is 2.47. The highest BCUT2D eigenvalue weighted by molar-refractivity contribution is 5.74. The second-order valence-electron chi connectivity index (χ2n) is 3.10. The van der Waals surface area contributed by atoms with Crippen LogP contribution in [0.2, 0.25) is 0 Å². The predicted octanol–water partition coefficient (Wildman–Crippen LogP) is 1.21. The summed E-state index contributed by atoms with van der Waals surface area (Å²) >= 11 is 0. The summed E-state index contributed by atoms with van der Waals surface area (Å²) in [5, 5.41) is 0. The lowest BCUT2D eigenvalue weighted by Gasteiger charge is -2.08. The fourth-order valence-electron chi connectivity index (χ4n) is 1.44. The third-order valence-electron chi connectivity index (χ3n) is 2.21. The van der Waals surface area contributed by atoms with Crippen LogP contribution in [0.25, 0.3) is 11.0 Å². The zero-order chi connectivity index (χ0) is 9.97. The molecule has 0 aliphatic heterocycles. The van der Waals surface area contributed by atoms with Crippen LogP contribution in [0.5, 0.6) is 0 Å². The van der Waals surface area contributed by atoms with Gasteiger partial charge in [-0.1, -0.05) is 12.1 Å². The smallest absolute Gasteiger partial charge is 0.137 e. The third kappa shape index (κ3) is 1.49. The average Bonchev–Trinajstić information content (AvgIpc) is 2.63. The van der Waals surface area contributed by atoms with E-state index in [4.69, 9.17) is 10.5 Å². The van der Waals surface area contributed by atoms with Gasteiger partial charge in [-0.15, -0.1) is 0 Å². The second-order valence-corrected chi connectivity index (χ2v) is 3.10. The van der Waals surface area contributed by atoms with E-state index in [1.807, 2.05) is 24.3 Å². The maximum Gasteiger partial charge on any atom is 0.137 e. The number of aromatic nitrogens is 2. The number of hydrogen-bond acceptors (Lipinski definition) is 3. The minimum absolute atomic E-state index is 0.151. The number of rotatable bonds is 3. The van der Waals surface area contributed by atoms with Gasteiger partial charge in [0.05, 0.1) is 11.0 Å². The SMILES string of the molecule is COC(CN)c1nc2ccccc2[nH]1. The summed E-state index contributed by atoms with van der Waals surface area (Å²) in [6, 6.07) is 7.86. The first kappa shape index (κ1) is 9.18. The molecule has 1 aromatic carbocycles. The molecular formula is C10H13N3O. The largest absolute Gasteiger partial charge is 0.372 e. The molecule has 3 N–H and O–H groups in total. The van der Waals surface area contributed by atoms with Crippen molar-refractivity contribution in [2.24, 2.45) is 5.73 Å². The van der Waals surface area contributed by atoms with Crippen LogP contribution in [0.1, 0.15) is 11.9 Å². The number of methoxy groups -OCH3 is 1. The molecule has 0 aliphatic rings. The number of ether oxygens (including phenoxy) is 1. The minimum atomic E-state index is -0.151. The molecule has 4 heteroatoms. The van der Waals surface area contributed by atoms with Gasteiger partial charge in [0, 0.05) is 13.7 Å². The summed E-state index contributed by atoms with van der Waals surface area (Å²) in [5.41, 5.74) is 7.51. The molecule has 1 heterocycles. The zero-order valence-corrected chi connectivity index (χ0v) is 8.03. The van der Waals surface area contributed by atoms with Crippen molar-refractivity contribution in [2.75, 3.05) is 13.7 Å². The van der Waals surface area contributed by atoms with Gasteiger partial charge >= 0.3 is 0 Å². The van der Waals surface area contributed by atoms with Crippen LogP contribution in [0.4, 0.5) is 0 Å². The number of hydrogen-bond donors (Lipinski definition) is 2. The summed E-state index contributed by atoms with van der Waals surface area (Å²) < 4.78 is 5.20. The molecule has 0 fully saturated rings.